The lowest BCUT2D eigenvalue weighted by Gasteiger charge is -2.11. The molecule has 2 heterocycles. The lowest BCUT2D eigenvalue weighted by atomic mass is 10.0. The van der Waals surface area contributed by atoms with Crippen molar-refractivity contribution in [1.29, 1.82) is 0 Å². The van der Waals surface area contributed by atoms with Gasteiger partial charge < -0.3 is 25.6 Å². The predicted molar refractivity (Wildman–Crippen MR) is 105 cm³/mol. The van der Waals surface area contributed by atoms with Gasteiger partial charge in [-0.25, -0.2) is 4.98 Å². The van der Waals surface area contributed by atoms with Crippen molar-refractivity contribution in [2.75, 3.05) is 11.1 Å². The van der Waals surface area contributed by atoms with Crippen LogP contribution in [0.1, 0.15) is 23.0 Å². The number of anilines is 2. The van der Waals surface area contributed by atoms with E-state index in [9.17, 15) is 14.4 Å². The number of nitrogens with two attached hydrogens (primary N) is 1. The van der Waals surface area contributed by atoms with Gasteiger partial charge in [0, 0.05) is 18.5 Å². The molecule has 8 nitrogen and oxygen atoms in total. The van der Waals surface area contributed by atoms with Crippen molar-refractivity contribution in [3.63, 3.8) is 0 Å². The van der Waals surface area contributed by atoms with Crippen LogP contribution in [0, 0.1) is 0 Å². The third-order valence-corrected chi connectivity index (χ3v) is 4.20. The van der Waals surface area contributed by atoms with E-state index in [-0.39, 0.29) is 17.4 Å². The molecule has 0 aliphatic rings. The van der Waals surface area contributed by atoms with E-state index < -0.39 is 11.9 Å². The summed E-state index contributed by atoms with van der Waals surface area (Å²) in [6.07, 6.45) is 2.37. The highest BCUT2D eigenvalue weighted by Gasteiger charge is 2.20. The summed E-state index contributed by atoms with van der Waals surface area (Å²) in [5.41, 5.74) is 7.46. The minimum atomic E-state index is -0.651. The second-order valence-electron chi connectivity index (χ2n) is 6.14. The number of fused-ring (bicyclic) bond motifs is 1. The van der Waals surface area contributed by atoms with Crippen molar-refractivity contribution in [3.8, 4) is 0 Å². The molecular formula is C19H17ClN4O4. The zero-order valence-electron chi connectivity index (χ0n) is 14.9. The Kier molecular flexibility index (Phi) is 5.60. The minimum absolute atomic E-state index is 0.0438. The third kappa shape index (κ3) is 4.29. The van der Waals surface area contributed by atoms with Crippen LogP contribution >= 0.6 is 11.6 Å². The van der Waals surface area contributed by atoms with E-state index in [4.69, 9.17) is 21.8 Å². The summed E-state index contributed by atoms with van der Waals surface area (Å²) in [4.78, 5) is 38.8. The highest BCUT2D eigenvalue weighted by Crippen LogP contribution is 2.30. The smallest absolute Gasteiger partial charge is 0.294 e. The summed E-state index contributed by atoms with van der Waals surface area (Å²) >= 11 is 5.77. The first-order chi connectivity index (χ1) is 13.4. The zero-order valence-corrected chi connectivity index (χ0v) is 15.6. The average molecular weight is 401 g/mol. The van der Waals surface area contributed by atoms with Gasteiger partial charge in [-0.05, 0) is 36.2 Å². The molecule has 0 spiro atoms. The Hall–Kier alpha value is -3.39. The van der Waals surface area contributed by atoms with Crippen LogP contribution in [-0.4, -0.2) is 29.1 Å². The first-order valence-corrected chi connectivity index (χ1v) is 8.71. The van der Waals surface area contributed by atoms with E-state index in [1.165, 1.54) is 13.1 Å². The van der Waals surface area contributed by atoms with E-state index >= 15 is 0 Å². The second kappa shape index (κ2) is 8.10. The van der Waals surface area contributed by atoms with Crippen LogP contribution < -0.4 is 16.4 Å². The maximum absolute atomic E-state index is 12.5. The highest BCUT2D eigenvalue weighted by molar-refractivity contribution is 6.30. The predicted octanol–water partition coefficient (Wildman–Crippen LogP) is 2.56. The number of hydrogen-bond acceptors (Lipinski definition) is 6. The van der Waals surface area contributed by atoms with Gasteiger partial charge in [-0.15, -0.1) is 0 Å². The molecule has 2 amide bonds. The maximum Gasteiger partial charge on any atom is 0.294 e. The molecule has 144 valence electrons. The number of nitrogens with zero attached hydrogens (tertiary/aromatic N) is 1. The van der Waals surface area contributed by atoms with Crippen molar-refractivity contribution in [2.24, 2.45) is 0 Å². The van der Waals surface area contributed by atoms with E-state index in [0.717, 1.165) is 5.56 Å². The number of furan rings is 1. The van der Waals surface area contributed by atoms with E-state index in [2.05, 4.69) is 15.6 Å². The first kappa shape index (κ1) is 19.4. The van der Waals surface area contributed by atoms with Crippen molar-refractivity contribution in [1.82, 2.24) is 10.3 Å². The molecule has 1 atom stereocenters. The van der Waals surface area contributed by atoms with Crippen LogP contribution in [0.4, 0.5) is 11.5 Å². The fourth-order valence-electron chi connectivity index (χ4n) is 2.73. The number of carbonyl (C=O) groups is 3. The summed E-state index contributed by atoms with van der Waals surface area (Å²) < 4.78 is 5.58. The summed E-state index contributed by atoms with van der Waals surface area (Å²) in [7, 11) is 0. The number of pyridine rings is 1. The number of halogens is 1. The summed E-state index contributed by atoms with van der Waals surface area (Å²) in [6, 6.07) is 7.63. The molecule has 0 aliphatic heterocycles. The quantitative estimate of drug-likeness (QED) is 0.545. The lowest BCUT2D eigenvalue weighted by Crippen LogP contribution is -2.35. The maximum atomic E-state index is 12.5. The van der Waals surface area contributed by atoms with Crippen molar-refractivity contribution in [3.05, 3.63) is 52.9 Å². The number of carbonyl (C=O) groups excluding carboxylic acids is 3. The number of nitrogen functional groups attached to an aromatic ring is 1. The van der Waals surface area contributed by atoms with Crippen LogP contribution in [0.2, 0.25) is 5.02 Å². The van der Waals surface area contributed by atoms with Gasteiger partial charge in [-0.3, -0.25) is 9.59 Å². The van der Waals surface area contributed by atoms with Crippen molar-refractivity contribution >= 4 is 52.2 Å². The first-order valence-electron chi connectivity index (χ1n) is 8.33. The Morgan fingerprint density at radius 2 is 2.11 bits per heavy atom. The van der Waals surface area contributed by atoms with Gasteiger partial charge in [0.25, 0.3) is 5.91 Å². The molecule has 0 bridgehead atoms. The molecule has 28 heavy (non-hydrogen) atoms. The van der Waals surface area contributed by atoms with E-state index in [1.54, 1.807) is 30.3 Å². The number of aromatic nitrogens is 1. The third-order valence-electron chi connectivity index (χ3n) is 3.97. The number of aldehydes is 1. The fraction of sp³-hybridized carbons (Fsp3) is 0.158. The van der Waals surface area contributed by atoms with Gasteiger partial charge in [0.05, 0.1) is 16.8 Å². The molecule has 2 aromatic heterocycles. The molecule has 4 N–H and O–H groups in total. The number of hydrogen-bond donors (Lipinski definition) is 3. The van der Waals surface area contributed by atoms with Gasteiger partial charge in [-0.2, -0.15) is 0 Å². The number of rotatable bonds is 6. The Balaban J connectivity index is 1.84. The van der Waals surface area contributed by atoms with Crippen LogP contribution in [0.3, 0.4) is 0 Å². The Morgan fingerprint density at radius 3 is 2.75 bits per heavy atom. The molecular weight excluding hydrogens is 384 g/mol. The molecule has 0 fully saturated rings. The Morgan fingerprint density at radius 1 is 1.32 bits per heavy atom. The highest BCUT2D eigenvalue weighted by atomic mass is 35.5. The van der Waals surface area contributed by atoms with E-state index in [0.29, 0.717) is 34.5 Å². The van der Waals surface area contributed by atoms with Crippen LogP contribution in [0.5, 0.6) is 0 Å². The SMILES string of the molecule is CC(=O)NC(C=O)Cc1ccc2oc(C(=O)Nc3ccc(Cl)cn3)c(N)c2c1. The van der Waals surface area contributed by atoms with Crippen molar-refractivity contribution < 1.29 is 18.8 Å². The minimum Gasteiger partial charge on any atom is -0.449 e. The monoisotopic (exact) mass is 400 g/mol. The van der Waals surface area contributed by atoms with Gasteiger partial charge in [-0.1, -0.05) is 17.7 Å². The topological polar surface area (TPSA) is 127 Å². The van der Waals surface area contributed by atoms with Crippen LogP contribution in [0.15, 0.2) is 40.9 Å². The van der Waals surface area contributed by atoms with Crippen molar-refractivity contribution in [2.45, 2.75) is 19.4 Å². The van der Waals surface area contributed by atoms with Gasteiger partial charge in [0.15, 0.2) is 0 Å². The van der Waals surface area contributed by atoms with Gasteiger partial charge >= 0.3 is 0 Å². The zero-order chi connectivity index (χ0) is 20.3. The Labute approximate surface area is 165 Å². The molecule has 0 saturated carbocycles. The largest absolute Gasteiger partial charge is 0.449 e. The summed E-state index contributed by atoms with van der Waals surface area (Å²) in [6.45, 7) is 1.34. The normalized spacial score (nSPS) is 11.8. The molecule has 0 aliphatic carbocycles. The summed E-state index contributed by atoms with van der Waals surface area (Å²) in [5.74, 6) is -0.582. The second-order valence-corrected chi connectivity index (χ2v) is 6.57. The molecule has 9 heteroatoms. The number of amides is 2. The summed E-state index contributed by atoms with van der Waals surface area (Å²) in [5, 5.41) is 6.13. The van der Waals surface area contributed by atoms with Crippen LogP contribution in [-0.2, 0) is 16.0 Å². The Bertz CT molecular complexity index is 1050. The molecule has 1 aromatic carbocycles. The molecule has 0 radical (unpaired) electrons. The number of nitrogens with one attached hydrogen (secondary N) is 2. The number of benzene rings is 1. The average Bonchev–Trinajstić information content (AvgIpc) is 2.99. The van der Waals surface area contributed by atoms with E-state index in [1.807, 2.05) is 0 Å². The van der Waals surface area contributed by atoms with Gasteiger partial charge in [0.2, 0.25) is 11.7 Å². The van der Waals surface area contributed by atoms with Crippen LogP contribution in [0.25, 0.3) is 11.0 Å². The standard InChI is InChI=1S/C19H17ClN4O4/c1-10(26)23-13(9-25)6-11-2-4-15-14(7-11)17(21)18(28-15)19(27)24-16-5-3-12(20)8-22-16/h2-5,7-9,13H,6,21H2,1H3,(H,23,26)(H,22,24,27). The van der Waals surface area contributed by atoms with Gasteiger partial charge in [0.1, 0.15) is 17.7 Å². The lowest BCUT2D eigenvalue weighted by molar-refractivity contribution is -0.122. The molecule has 3 aromatic rings. The molecule has 0 saturated heterocycles. The molecule has 1 unspecified atom stereocenters. The molecule has 3 rings (SSSR count). The fourth-order valence-corrected chi connectivity index (χ4v) is 2.84.